The Hall–Kier alpha value is -2.40. The number of nitrogens with one attached hydrogen (secondary N) is 1. The highest BCUT2D eigenvalue weighted by atomic mass is 16.5. The van der Waals surface area contributed by atoms with Crippen LogP contribution in [0, 0.1) is 0 Å². The lowest BCUT2D eigenvalue weighted by atomic mass is 10.2. The summed E-state index contributed by atoms with van der Waals surface area (Å²) in [5.41, 5.74) is 2.00. The van der Waals surface area contributed by atoms with Crippen LogP contribution in [0.15, 0.2) is 42.6 Å². The van der Waals surface area contributed by atoms with E-state index < -0.39 is 0 Å². The van der Waals surface area contributed by atoms with Crippen molar-refractivity contribution in [3.05, 3.63) is 53.9 Å². The Morgan fingerprint density at radius 2 is 1.95 bits per heavy atom. The number of methoxy groups -OCH3 is 1. The Balaban J connectivity index is 2.00. The summed E-state index contributed by atoms with van der Waals surface area (Å²) in [6, 6.07) is 10.7. The van der Waals surface area contributed by atoms with E-state index >= 15 is 0 Å². The Morgan fingerprint density at radius 3 is 2.52 bits per heavy atom. The lowest BCUT2D eigenvalue weighted by molar-refractivity contribution is 0.102. The van der Waals surface area contributed by atoms with E-state index in [1.54, 1.807) is 31.4 Å². The maximum absolute atomic E-state index is 12.1. The summed E-state index contributed by atoms with van der Waals surface area (Å²) in [6.07, 6.45) is 1.54. The Bertz CT molecular complexity index is 579. The molecule has 21 heavy (non-hydrogen) atoms. The van der Waals surface area contributed by atoms with Crippen molar-refractivity contribution in [1.29, 1.82) is 0 Å². The SMILES string of the molecule is CCOc1ccc(NC(=O)c2ccc(COC)nc2)cc1. The third-order valence-corrected chi connectivity index (χ3v) is 2.80. The number of rotatable bonds is 6. The van der Waals surface area contributed by atoms with Gasteiger partial charge >= 0.3 is 0 Å². The summed E-state index contributed by atoms with van der Waals surface area (Å²) in [5, 5.41) is 2.81. The van der Waals surface area contributed by atoms with Crippen molar-refractivity contribution in [3.8, 4) is 5.75 Å². The highest BCUT2D eigenvalue weighted by Crippen LogP contribution is 2.16. The number of aromatic nitrogens is 1. The second-order valence-electron chi connectivity index (χ2n) is 4.38. The molecule has 110 valence electrons. The summed E-state index contributed by atoms with van der Waals surface area (Å²) in [6.45, 7) is 2.97. The zero-order valence-electron chi connectivity index (χ0n) is 12.1. The van der Waals surface area contributed by atoms with Gasteiger partial charge in [-0.25, -0.2) is 0 Å². The van der Waals surface area contributed by atoms with Crippen LogP contribution >= 0.6 is 0 Å². The van der Waals surface area contributed by atoms with Gasteiger partial charge in [0.1, 0.15) is 5.75 Å². The van der Waals surface area contributed by atoms with Crippen molar-refractivity contribution in [3.63, 3.8) is 0 Å². The molecule has 0 atom stereocenters. The summed E-state index contributed by atoms with van der Waals surface area (Å²) < 4.78 is 10.3. The van der Waals surface area contributed by atoms with Gasteiger partial charge in [0.05, 0.1) is 24.5 Å². The molecule has 0 saturated heterocycles. The van der Waals surface area contributed by atoms with E-state index in [1.807, 2.05) is 19.1 Å². The van der Waals surface area contributed by atoms with Crippen LogP contribution in [0.3, 0.4) is 0 Å². The summed E-state index contributed by atoms with van der Waals surface area (Å²) >= 11 is 0. The molecule has 1 aromatic heterocycles. The number of nitrogens with zero attached hydrogens (tertiary/aromatic N) is 1. The van der Waals surface area contributed by atoms with E-state index in [1.165, 1.54) is 6.20 Å². The zero-order valence-corrected chi connectivity index (χ0v) is 12.1. The number of hydrogen-bond donors (Lipinski definition) is 1. The number of anilines is 1. The van der Waals surface area contributed by atoms with Crippen molar-refractivity contribution < 1.29 is 14.3 Å². The number of amides is 1. The molecule has 0 aliphatic rings. The highest BCUT2D eigenvalue weighted by Gasteiger charge is 2.07. The largest absolute Gasteiger partial charge is 0.494 e. The van der Waals surface area contributed by atoms with Gasteiger partial charge in [0.2, 0.25) is 0 Å². The first-order chi connectivity index (χ1) is 10.2. The topological polar surface area (TPSA) is 60.5 Å². The van der Waals surface area contributed by atoms with Crippen LogP contribution in [0.5, 0.6) is 5.75 Å². The van der Waals surface area contributed by atoms with Crippen molar-refractivity contribution in [2.24, 2.45) is 0 Å². The van der Waals surface area contributed by atoms with Crippen LogP contribution in [0.25, 0.3) is 0 Å². The fraction of sp³-hybridized carbons (Fsp3) is 0.250. The molecule has 1 heterocycles. The molecule has 5 heteroatoms. The van der Waals surface area contributed by atoms with E-state index in [9.17, 15) is 4.79 Å². The average molecular weight is 286 g/mol. The smallest absolute Gasteiger partial charge is 0.257 e. The van der Waals surface area contributed by atoms with E-state index in [-0.39, 0.29) is 5.91 Å². The van der Waals surface area contributed by atoms with Gasteiger partial charge in [-0.15, -0.1) is 0 Å². The number of ether oxygens (including phenoxy) is 2. The first kappa shape index (κ1) is 15.0. The van der Waals surface area contributed by atoms with Gasteiger partial charge in [0.15, 0.2) is 0 Å². The molecule has 0 aliphatic heterocycles. The van der Waals surface area contributed by atoms with Crippen LogP contribution < -0.4 is 10.1 Å². The molecule has 0 unspecified atom stereocenters. The van der Waals surface area contributed by atoms with E-state index in [0.29, 0.717) is 24.5 Å². The molecule has 1 N–H and O–H groups in total. The quantitative estimate of drug-likeness (QED) is 0.887. The molecule has 5 nitrogen and oxygen atoms in total. The lowest BCUT2D eigenvalue weighted by Crippen LogP contribution is -2.12. The summed E-state index contributed by atoms with van der Waals surface area (Å²) in [4.78, 5) is 16.2. The molecule has 0 spiro atoms. The maximum Gasteiger partial charge on any atom is 0.257 e. The van der Waals surface area contributed by atoms with Crippen LogP contribution in [0.2, 0.25) is 0 Å². The first-order valence-corrected chi connectivity index (χ1v) is 6.71. The van der Waals surface area contributed by atoms with Gasteiger partial charge in [0.25, 0.3) is 5.91 Å². The van der Waals surface area contributed by atoms with Crippen LogP contribution in [-0.2, 0) is 11.3 Å². The fourth-order valence-corrected chi connectivity index (χ4v) is 1.80. The van der Waals surface area contributed by atoms with Gasteiger partial charge < -0.3 is 14.8 Å². The molecule has 0 fully saturated rings. The first-order valence-electron chi connectivity index (χ1n) is 6.71. The monoisotopic (exact) mass is 286 g/mol. The van der Waals surface area contributed by atoms with E-state index in [2.05, 4.69) is 10.3 Å². The Morgan fingerprint density at radius 1 is 1.19 bits per heavy atom. The molecule has 0 radical (unpaired) electrons. The minimum atomic E-state index is -0.198. The third kappa shape index (κ3) is 4.29. The second kappa shape index (κ2) is 7.40. The second-order valence-corrected chi connectivity index (χ2v) is 4.38. The predicted molar refractivity (Wildman–Crippen MR) is 80.5 cm³/mol. The van der Waals surface area contributed by atoms with E-state index in [0.717, 1.165) is 11.4 Å². The molecule has 2 rings (SSSR count). The number of pyridine rings is 1. The average Bonchev–Trinajstić information content (AvgIpc) is 2.50. The van der Waals surface area contributed by atoms with Gasteiger partial charge in [0, 0.05) is 19.0 Å². The summed E-state index contributed by atoms with van der Waals surface area (Å²) in [7, 11) is 1.61. The van der Waals surface area contributed by atoms with E-state index in [4.69, 9.17) is 9.47 Å². The van der Waals surface area contributed by atoms with Gasteiger partial charge in [-0.2, -0.15) is 0 Å². The molecular weight excluding hydrogens is 268 g/mol. The minimum Gasteiger partial charge on any atom is -0.494 e. The third-order valence-electron chi connectivity index (χ3n) is 2.80. The number of carbonyl (C=O) groups is 1. The van der Waals surface area contributed by atoms with Crippen molar-refractivity contribution in [2.75, 3.05) is 19.0 Å². The van der Waals surface area contributed by atoms with Crippen LogP contribution in [0.1, 0.15) is 23.0 Å². The van der Waals surface area contributed by atoms with Crippen molar-refractivity contribution in [2.45, 2.75) is 13.5 Å². The Labute approximate surface area is 123 Å². The van der Waals surface area contributed by atoms with Gasteiger partial charge in [-0.05, 0) is 43.3 Å². The molecule has 0 bridgehead atoms. The highest BCUT2D eigenvalue weighted by molar-refractivity contribution is 6.04. The normalized spacial score (nSPS) is 10.2. The number of benzene rings is 1. The molecule has 1 aromatic carbocycles. The molecule has 2 aromatic rings. The lowest BCUT2D eigenvalue weighted by Gasteiger charge is -2.07. The number of hydrogen-bond acceptors (Lipinski definition) is 4. The van der Waals surface area contributed by atoms with Gasteiger partial charge in [-0.1, -0.05) is 0 Å². The van der Waals surface area contributed by atoms with Crippen LogP contribution in [0.4, 0.5) is 5.69 Å². The van der Waals surface area contributed by atoms with Crippen molar-refractivity contribution in [1.82, 2.24) is 4.98 Å². The fourth-order valence-electron chi connectivity index (χ4n) is 1.80. The molecule has 0 aliphatic carbocycles. The van der Waals surface area contributed by atoms with Gasteiger partial charge in [-0.3, -0.25) is 9.78 Å². The molecular formula is C16H18N2O3. The number of carbonyl (C=O) groups excluding carboxylic acids is 1. The zero-order chi connectivity index (χ0) is 15.1. The maximum atomic E-state index is 12.1. The van der Waals surface area contributed by atoms with Crippen molar-refractivity contribution >= 4 is 11.6 Å². The standard InChI is InChI=1S/C16H18N2O3/c1-3-21-15-8-6-13(7-9-15)18-16(19)12-4-5-14(11-20-2)17-10-12/h4-10H,3,11H2,1-2H3,(H,18,19). The predicted octanol–water partition coefficient (Wildman–Crippen LogP) is 2.88. The minimum absolute atomic E-state index is 0.198. The summed E-state index contributed by atoms with van der Waals surface area (Å²) in [5.74, 6) is 0.580. The Kier molecular flexibility index (Phi) is 5.29. The molecule has 1 amide bonds. The van der Waals surface area contributed by atoms with Crippen LogP contribution in [-0.4, -0.2) is 24.6 Å². The molecule has 0 saturated carbocycles.